The summed E-state index contributed by atoms with van der Waals surface area (Å²) in [5.74, 6) is -2.10. The van der Waals surface area contributed by atoms with Crippen LogP contribution in [0.3, 0.4) is 0 Å². The van der Waals surface area contributed by atoms with Crippen molar-refractivity contribution >= 4 is 29.8 Å². The molecule has 7 N–H and O–H groups in total. The number of fused-ring (bicyclic) bond motifs is 3. The van der Waals surface area contributed by atoms with Crippen LogP contribution in [0.1, 0.15) is 50.2 Å². The van der Waals surface area contributed by atoms with E-state index in [0.29, 0.717) is 39.2 Å². The van der Waals surface area contributed by atoms with Gasteiger partial charge >= 0.3 is 12.1 Å². The Bertz CT molecular complexity index is 1340. The van der Waals surface area contributed by atoms with Gasteiger partial charge in [0.25, 0.3) is 0 Å². The number of hydrogen-bond acceptors (Lipinski definition) is 8. The van der Waals surface area contributed by atoms with E-state index in [1.807, 2.05) is 48.5 Å². The maximum Gasteiger partial charge on any atom is 0.407 e. The van der Waals surface area contributed by atoms with Gasteiger partial charge in [-0.05, 0) is 47.4 Å². The Morgan fingerprint density at radius 2 is 1.44 bits per heavy atom. The number of alkyl carbamates (subject to hydrolysis) is 1. The number of methoxy groups -OCH3 is 1. The molecule has 2 aromatic rings. The van der Waals surface area contributed by atoms with Gasteiger partial charge in [0.15, 0.2) is 0 Å². The number of nitrogens with two attached hydrogens (primary N) is 1. The van der Waals surface area contributed by atoms with Crippen LogP contribution in [0.5, 0.6) is 0 Å². The number of carbonyl (C=O) groups is 5. The lowest BCUT2D eigenvalue weighted by atomic mass is 9.98. The number of rotatable bonds is 20. The molecule has 14 heteroatoms. The third-order valence-electron chi connectivity index (χ3n) is 7.81. The minimum absolute atomic E-state index is 0.0765. The molecule has 0 heterocycles. The van der Waals surface area contributed by atoms with Gasteiger partial charge in [0.1, 0.15) is 18.7 Å². The maximum absolute atomic E-state index is 13.4. The lowest BCUT2D eigenvalue weighted by Crippen LogP contribution is -2.56. The Morgan fingerprint density at radius 3 is 2.06 bits per heavy atom. The Morgan fingerprint density at radius 1 is 0.792 bits per heavy atom. The third-order valence-corrected chi connectivity index (χ3v) is 7.81. The molecule has 3 rings (SSSR count). The van der Waals surface area contributed by atoms with Crippen LogP contribution >= 0.6 is 0 Å². The molecule has 2 aromatic carbocycles. The zero-order chi connectivity index (χ0) is 34.9. The van der Waals surface area contributed by atoms with Crippen LogP contribution in [0.2, 0.25) is 0 Å². The first kappa shape index (κ1) is 37.8. The molecule has 0 aromatic heterocycles. The summed E-state index contributed by atoms with van der Waals surface area (Å²) in [6, 6.07) is 13.2. The molecule has 1 aliphatic carbocycles. The van der Waals surface area contributed by atoms with Crippen LogP contribution in [0.4, 0.5) is 9.59 Å². The Hall–Kier alpha value is -4.69. The second-order valence-electron chi connectivity index (χ2n) is 11.7. The average Bonchev–Trinajstić information content (AvgIpc) is 3.39. The Kier molecular flexibility index (Phi) is 15.6. The molecule has 0 fully saturated rings. The summed E-state index contributed by atoms with van der Waals surface area (Å²) in [5, 5.41) is 13.0. The van der Waals surface area contributed by atoms with Gasteiger partial charge in [-0.3, -0.25) is 14.4 Å². The highest BCUT2D eigenvalue weighted by Gasteiger charge is 2.32. The minimum atomic E-state index is -1.06. The molecular formula is C34H48N6O8. The SMILES string of the molecule is COCCOCCCNC(=O)CNC(=O)C(CCCNC(N)=O)NC(=O)C(NC(=O)OCC1c2ccccc2-c2ccccc21)C(C)C. The normalized spacial score (nSPS) is 13.1. The maximum atomic E-state index is 13.4. The van der Waals surface area contributed by atoms with Gasteiger partial charge in [0.05, 0.1) is 19.8 Å². The molecule has 2 atom stereocenters. The third kappa shape index (κ3) is 11.8. The van der Waals surface area contributed by atoms with E-state index in [1.54, 1.807) is 21.0 Å². The van der Waals surface area contributed by atoms with E-state index in [-0.39, 0.29) is 38.0 Å². The number of carbonyl (C=O) groups excluding carboxylic acids is 5. The van der Waals surface area contributed by atoms with Gasteiger partial charge in [-0.1, -0.05) is 62.4 Å². The van der Waals surface area contributed by atoms with E-state index in [1.165, 1.54) is 0 Å². The Labute approximate surface area is 281 Å². The molecule has 2 unspecified atom stereocenters. The van der Waals surface area contributed by atoms with Crippen molar-refractivity contribution in [1.82, 2.24) is 26.6 Å². The van der Waals surface area contributed by atoms with Gasteiger partial charge in [-0.25, -0.2) is 9.59 Å². The van der Waals surface area contributed by atoms with Gasteiger partial charge in [-0.2, -0.15) is 0 Å². The molecule has 0 saturated carbocycles. The second-order valence-corrected chi connectivity index (χ2v) is 11.7. The second kappa shape index (κ2) is 19.9. The van der Waals surface area contributed by atoms with Crippen LogP contribution in [0.15, 0.2) is 48.5 Å². The molecule has 0 spiro atoms. The first-order valence-corrected chi connectivity index (χ1v) is 16.2. The van der Waals surface area contributed by atoms with Crippen molar-refractivity contribution in [3.8, 4) is 11.1 Å². The average molecular weight is 669 g/mol. The van der Waals surface area contributed by atoms with Gasteiger partial charge in [0.2, 0.25) is 17.7 Å². The van der Waals surface area contributed by atoms with E-state index >= 15 is 0 Å². The van der Waals surface area contributed by atoms with Crippen molar-refractivity contribution in [3.05, 3.63) is 59.7 Å². The van der Waals surface area contributed by atoms with Crippen molar-refractivity contribution in [2.24, 2.45) is 11.7 Å². The van der Waals surface area contributed by atoms with Crippen molar-refractivity contribution in [2.45, 2.75) is 51.1 Å². The van der Waals surface area contributed by atoms with Crippen LogP contribution in [0.25, 0.3) is 11.1 Å². The van der Waals surface area contributed by atoms with Crippen molar-refractivity contribution in [1.29, 1.82) is 0 Å². The van der Waals surface area contributed by atoms with E-state index in [2.05, 4.69) is 26.6 Å². The number of urea groups is 1. The number of hydrogen-bond donors (Lipinski definition) is 6. The molecule has 1 aliphatic rings. The van der Waals surface area contributed by atoms with Crippen LogP contribution in [-0.2, 0) is 28.6 Å². The summed E-state index contributed by atoms with van der Waals surface area (Å²) < 4.78 is 15.9. The topological polar surface area (TPSA) is 199 Å². The zero-order valence-electron chi connectivity index (χ0n) is 27.8. The molecular weight excluding hydrogens is 620 g/mol. The highest BCUT2D eigenvalue weighted by atomic mass is 16.5. The predicted octanol–water partition coefficient (Wildman–Crippen LogP) is 1.77. The summed E-state index contributed by atoms with van der Waals surface area (Å²) >= 11 is 0. The summed E-state index contributed by atoms with van der Waals surface area (Å²) in [4.78, 5) is 62.9. The minimum Gasteiger partial charge on any atom is -0.449 e. The summed E-state index contributed by atoms with van der Waals surface area (Å²) in [6.07, 6.45) is 0.261. The van der Waals surface area contributed by atoms with E-state index in [9.17, 15) is 24.0 Å². The summed E-state index contributed by atoms with van der Waals surface area (Å²) in [6.45, 7) is 5.21. The molecule has 0 saturated heterocycles. The lowest BCUT2D eigenvalue weighted by Gasteiger charge is -2.25. The molecule has 0 radical (unpaired) electrons. The van der Waals surface area contributed by atoms with Gasteiger partial charge in [0, 0.05) is 32.7 Å². The highest BCUT2D eigenvalue weighted by Crippen LogP contribution is 2.44. The molecule has 262 valence electrons. The fourth-order valence-electron chi connectivity index (χ4n) is 5.35. The molecule has 0 aliphatic heterocycles. The van der Waals surface area contributed by atoms with Crippen LogP contribution < -0.4 is 32.3 Å². The monoisotopic (exact) mass is 668 g/mol. The Balaban J connectivity index is 1.55. The number of primary amides is 1. The van der Waals surface area contributed by atoms with Crippen molar-refractivity contribution in [2.75, 3.05) is 53.2 Å². The molecule has 0 bridgehead atoms. The lowest BCUT2D eigenvalue weighted by molar-refractivity contribution is -0.131. The van der Waals surface area contributed by atoms with E-state index < -0.39 is 41.9 Å². The summed E-state index contributed by atoms with van der Waals surface area (Å²) in [7, 11) is 1.58. The van der Waals surface area contributed by atoms with Crippen molar-refractivity contribution in [3.63, 3.8) is 0 Å². The molecule has 6 amide bonds. The smallest absolute Gasteiger partial charge is 0.407 e. The standard InChI is InChI=1S/C34H48N6O8/c1-22(2)30(40-34(45)48-21-27-25-12-6-4-10-23(25)24-11-5-7-13-26(24)27)32(43)39-28(14-8-15-37-33(35)44)31(42)38-20-29(41)36-16-9-17-47-19-18-46-3/h4-7,10-13,22,27-28,30H,8-9,14-21H2,1-3H3,(H,36,41)(H,38,42)(H,39,43)(H,40,45)(H3,35,37,44). The molecule has 48 heavy (non-hydrogen) atoms. The number of nitrogens with one attached hydrogen (secondary N) is 5. The highest BCUT2D eigenvalue weighted by molar-refractivity contribution is 5.93. The van der Waals surface area contributed by atoms with Crippen molar-refractivity contribution < 1.29 is 38.2 Å². The van der Waals surface area contributed by atoms with Crippen LogP contribution in [0, 0.1) is 5.92 Å². The largest absolute Gasteiger partial charge is 0.449 e. The fourth-order valence-corrected chi connectivity index (χ4v) is 5.35. The fraction of sp³-hybridized carbons (Fsp3) is 0.500. The quantitative estimate of drug-likeness (QED) is 0.115. The van der Waals surface area contributed by atoms with E-state index in [4.69, 9.17) is 19.9 Å². The number of benzene rings is 2. The summed E-state index contributed by atoms with van der Waals surface area (Å²) in [5.41, 5.74) is 9.44. The van der Waals surface area contributed by atoms with Gasteiger partial charge < -0.3 is 46.5 Å². The van der Waals surface area contributed by atoms with E-state index in [0.717, 1.165) is 22.3 Å². The first-order chi connectivity index (χ1) is 23.1. The van der Waals surface area contributed by atoms with Gasteiger partial charge in [-0.15, -0.1) is 0 Å². The predicted molar refractivity (Wildman–Crippen MR) is 179 cm³/mol. The number of ether oxygens (including phenoxy) is 3. The first-order valence-electron chi connectivity index (χ1n) is 16.2. The van der Waals surface area contributed by atoms with Crippen LogP contribution in [-0.4, -0.2) is 95.1 Å². The zero-order valence-corrected chi connectivity index (χ0v) is 27.8. The number of amides is 6. The molecule has 14 nitrogen and oxygen atoms in total.